The average molecular weight is 291 g/mol. The zero-order valence-electron chi connectivity index (χ0n) is 12.9. The summed E-state index contributed by atoms with van der Waals surface area (Å²) >= 11 is 0. The summed E-state index contributed by atoms with van der Waals surface area (Å²) < 4.78 is 5.33. The molecule has 0 aliphatic carbocycles. The van der Waals surface area contributed by atoms with Gasteiger partial charge in [0.05, 0.1) is 13.2 Å². The number of anilines is 1. The molecule has 1 atom stereocenters. The van der Waals surface area contributed by atoms with Crippen LogP contribution in [0.25, 0.3) is 0 Å². The number of hydrogen-bond acceptors (Lipinski definition) is 3. The van der Waals surface area contributed by atoms with Gasteiger partial charge in [-0.2, -0.15) is 0 Å². The van der Waals surface area contributed by atoms with Crippen LogP contribution < -0.4 is 10.6 Å². The van der Waals surface area contributed by atoms with Gasteiger partial charge in [0.25, 0.3) is 0 Å². The number of benzene rings is 1. The van der Waals surface area contributed by atoms with Crippen molar-refractivity contribution in [2.24, 2.45) is 0 Å². The van der Waals surface area contributed by atoms with E-state index < -0.39 is 0 Å². The van der Waals surface area contributed by atoms with Gasteiger partial charge in [0.15, 0.2) is 0 Å². The molecule has 21 heavy (non-hydrogen) atoms. The summed E-state index contributed by atoms with van der Waals surface area (Å²) in [4.78, 5) is 14.3. The Morgan fingerprint density at radius 3 is 2.86 bits per heavy atom. The van der Waals surface area contributed by atoms with Crippen molar-refractivity contribution in [2.75, 3.05) is 38.2 Å². The number of carbonyl (C=O) groups excluding carboxylic acids is 1. The van der Waals surface area contributed by atoms with Crippen LogP contribution in [0.4, 0.5) is 10.5 Å². The molecule has 0 aromatic heterocycles. The van der Waals surface area contributed by atoms with E-state index in [9.17, 15) is 4.79 Å². The summed E-state index contributed by atoms with van der Waals surface area (Å²) in [6.07, 6.45) is 0.963. The van der Waals surface area contributed by atoms with E-state index in [0.717, 1.165) is 38.4 Å². The maximum absolute atomic E-state index is 11.9. The maximum atomic E-state index is 11.9. The highest BCUT2D eigenvalue weighted by molar-refractivity contribution is 5.89. The highest BCUT2D eigenvalue weighted by Crippen LogP contribution is 2.10. The molecule has 0 spiro atoms. The molecule has 0 radical (unpaired) electrons. The molecular weight excluding hydrogens is 266 g/mol. The summed E-state index contributed by atoms with van der Waals surface area (Å²) in [6, 6.07) is 8.11. The van der Waals surface area contributed by atoms with Gasteiger partial charge in [-0.05, 0) is 31.0 Å². The molecule has 0 bridgehead atoms. The van der Waals surface area contributed by atoms with Crippen LogP contribution in [0.2, 0.25) is 0 Å². The minimum atomic E-state index is -0.150. The van der Waals surface area contributed by atoms with Crippen LogP contribution in [0.15, 0.2) is 24.3 Å². The molecule has 2 rings (SSSR count). The Labute approximate surface area is 126 Å². The molecule has 5 nitrogen and oxygen atoms in total. The van der Waals surface area contributed by atoms with Gasteiger partial charge in [-0.1, -0.05) is 19.1 Å². The second-order valence-electron chi connectivity index (χ2n) is 5.39. The first-order valence-corrected chi connectivity index (χ1v) is 7.64. The van der Waals surface area contributed by atoms with Gasteiger partial charge >= 0.3 is 6.03 Å². The molecular formula is C16H25N3O2. The Kier molecular flexibility index (Phi) is 6.02. The number of ether oxygens (including phenoxy) is 1. The summed E-state index contributed by atoms with van der Waals surface area (Å²) in [6.45, 7) is 8.29. The standard InChI is InChI=1S/C16H25N3O2/c1-3-14-5-4-6-15(11-14)18-16(20)17-12-13(2)19-7-9-21-10-8-19/h4-6,11,13H,3,7-10,12H2,1-2H3,(H2,17,18,20)/t13-/m1/s1. The fourth-order valence-electron chi connectivity index (χ4n) is 2.43. The van der Waals surface area contributed by atoms with Gasteiger partial charge in [-0.3, -0.25) is 4.90 Å². The van der Waals surface area contributed by atoms with E-state index in [1.165, 1.54) is 5.56 Å². The van der Waals surface area contributed by atoms with Gasteiger partial charge in [0, 0.05) is 31.4 Å². The number of urea groups is 1. The number of nitrogens with zero attached hydrogens (tertiary/aromatic N) is 1. The first-order valence-electron chi connectivity index (χ1n) is 7.64. The summed E-state index contributed by atoms with van der Waals surface area (Å²) in [5.74, 6) is 0. The monoisotopic (exact) mass is 291 g/mol. The molecule has 2 N–H and O–H groups in total. The molecule has 1 saturated heterocycles. The van der Waals surface area contributed by atoms with Gasteiger partial charge in [0.1, 0.15) is 0 Å². The molecule has 1 aromatic rings. The van der Waals surface area contributed by atoms with E-state index in [-0.39, 0.29) is 6.03 Å². The minimum absolute atomic E-state index is 0.150. The van der Waals surface area contributed by atoms with Crippen molar-refractivity contribution in [1.82, 2.24) is 10.2 Å². The molecule has 1 aliphatic heterocycles. The van der Waals surface area contributed by atoms with E-state index in [1.54, 1.807) is 0 Å². The average Bonchev–Trinajstić information content (AvgIpc) is 2.53. The van der Waals surface area contributed by atoms with Crippen molar-refractivity contribution >= 4 is 11.7 Å². The quantitative estimate of drug-likeness (QED) is 0.873. The van der Waals surface area contributed by atoms with E-state index >= 15 is 0 Å². The summed E-state index contributed by atoms with van der Waals surface area (Å²) in [7, 11) is 0. The maximum Gasteiger partial charge on any atom is 0.319 e. The van der Waals surface area contributed by atoms with Crippen molar-refractivity contribution in [2.45, 2.75) is 26.3 Å². The number of hydrogen-bond donors (Lipinski definition) is 2. The van der Waals surface area contributed by atoms with Crippen LogP contribution in [0.1, 0.15) is 19.4 Å². The fraction of sp³-hybridized carbons (Fsp3) is 0.562. The zero-order valence-corrected chi connectivity index (χ0v) is 12.9. The van der Waals surface area contributed by atoms with Crippen LogP contribution in [0.3, 0.4) is 0 Å². The Balaban J connectivity index is 1.76. The summed E-state index contributed by atoms with van der Waals surface area (Å²) in [5, 5.41) is 5.81. The number of nitrogens with one attached hydrogen (secondary N) is 2. The third-order valence-corrected chi connectivity index (χ3v) is 3.82. The van der Waals surface area contributed by atoms with Crippen molar-refractivity contribution in [3.05, 3.63) is 29.8 Å². The first-order chi connectivity index (χ1) is 10.2. The van der Waals surface area contributed by atoms with Crippen LogP contribution in [-0.4, -0.2) is 49.8 Å². The largest absolute Gasteiger partial charge is 0.379 e. The van der Waals surface area contributed by atoms with E-state index in [4.69, 9.17) is 4.74 Å². The molecule has 0 unspecified atom stereocenters. The Morgan fingerprint density at radius 1 is 1.38 bits per heavy atom. The highest BCUT2D eigenvalue weighted by Gasteiger charge is 2.17. The molecule has 1 heterocycles. The zero-order chi connectivity index (χ0) is 15.1. The van der Waals surface area contributed by atoms with E-state index in [0.29, 0.717) is 12.6 Å². The van der Waals surface area contributed by atoms with Crippen LogP contribution in [0, 0.1) is 0 Å². The molecule has 1 aliphatic rings. The predicted octanol–water partition coefficient (Wildman–Crippen LogP) is 2.09. The lowest BCUT2D eigenvalue weighted by Gasteiger charge is -2.32. The van der Waals surface area contributed by atoms with E-state index in [2.05, 4.69) is 35.4 Å². The molecule has 1 fully saturated rings. The number of aryl methyl sites for hydroxylation is 1. The highest BCUT2D eigenvalue weighted by atomic mass is 16.5. The Hall–Kier alpha value is -1.59. The SMILES string of the molecule is CCc1cccc(NC(=O)NC[C@@H](C)N2CCOCC2)c1. The molecule has 1 aromatic carbocycles. The van der Waals surface area contributed by atoms with E-state index in [1.807, 2.05) is 18.2 Å². The van der Waals surface area contributed by atoms with Crippen molar-refractivity contribution in [3.63, 3.8) is 0 Å². The van der Waals surface area contributed by atoms with Gasteiger partial charge in [-0.25, -0.2) is 4.79 Å². The Bertz CT molecular complexity index is 459. The van der Waals surface area contributed by atoms with Crippen LogP contribution >= 0.6 is 0 Å². The third kappa shape index (κ3) is 5.02. The molecule has 2 amide bonds. The lowest BCUT2D eigenvalue weighted by Crippen LogP contribution is -2.47. The van der Waals surface area contributed by atoms with Crippen LogP contribution in [-0.2, 0) is 11.2 Å². The second kappa shape index (κ2) is 8.00. The lowest BCUT2D eigenvalue weighted by atomic mass is 10.1. The minimum Gasteiger partial charge on any atom is -0.379 e. The number of carbonyl (C=O) groups is 1. The number of rotatable bonds is 5. The number of amides is 2. The van der Waals surface area contributed by atoms with Gasteiger partial charge < -0.3 is 15.4 Å². The second-order valence-corrected chi connectivity index (χ2v) is 5.39. The topological polar surface area (TPSA) is 53.6 Å². The summed E-state index contributed by atoms with van der Waals surface area (Å²) in [5.41, 5.74) is 2.06. The normalized spacial score (nSPS) is 17.2. The first kappa shape index (κ1) is 15.8. The Morgan fingerprint density at radius 2 is 2.14 bits per heavy atom. The van der Waals surface area contributed by atoms with Crippen LogP contribution in [0.5, 0.6) is 0 Å². The van der Waals surface area contributed by atoms with Crippen molar-refractivity contribution < 1.29 is 9.53 Å². The van der Waals surface area contributed by atoms with Crippen molar-refractivity contribution in [1.29, 1.82) is 0 Å². The van der Waals surface area contributed by atoms with Crippen molar-refractivity contribution in [3.8, 4) is 0 Å². The van der Waals surface area contributed by atoms with Gasteiger partial charge in [0.2, 0.25) is 0 Å². The molecule has 5 heteroatoms. The molecule has 116 valence electrons. The lowest BCUT2D eigenvalue weighted by molar-refractivity contribution is 0.0209. The molecule has 0 saturated carbocycles. The third-order valence-electron chi connectivity index (χ3n) is 3.82. The fourth-order valence-corrected chi connectivity index (χ4v) is 2.43. The smallest absolute Gasteiger partial charge is 0.319 e. The van der Waals surface area contributed by atoms with Gasteiger partial charge in [-0.15, -0.1) is 0 Å². The number of morpholine rings is 1. The predicted molar refractivity (Wildman–Crippen MR) is 84.7 cm³/mol.